The highest BCUT2D eigenvalue weighted by molar-refractivity contribution is 6.06. The van der Waals surface area contributed by atoms with Crippen molar-refractivity contribution in [1.82, 2.24) is 0 Å². The first-order valence-corrected chi connectivity index (χ1v) is 14.8. The molecule has 0 aliphatic heterocycles. The molecule has 0 saturated heterocycles. The molecule has 0 atom stereocenters. The van der Waals surface area contributed by atoms with Crippen molar-refractivity contribution in [2.24, 2.45) is 0 Å². The number of nitrogens with zero attached hydrogens (tertiary/aromatic N) is 1. The minimum Gasteiger partial charge on any atom is -0.456 e. The summed E-state index contributed by atoms with van der Waals surface area (Å²) in [5, 5.41) is 2.32. The second kappa shape index (κ2) is 9.24. The van der Waals surface area contributed by atoms with Crippen molar-refractivity contribution in [3.05, 3.63) is 143 Å². The molecular formula is C39H33NO. The standard InChI is InChI=1S/C39H33NO/c1-39(2)35-14-8-6-12-31(35)32-22-20-29(24-36(32)39)40(28-18-16-27(17-19-28)26-10-4-3-5-11-26)30-21-23-34-33-13-7-9-15-37(33)41-38(34)25-30/h3-4,6-10,12-16,18,20-25H,5,11,17,19H2,1-2H3. The zero-order valence-electron chi connectivity index (χ0n) is 23.7. The number of hydrogen-bond acceptors (Lipinski definition) is 2. The van der Waals surface area contributed by atoms with E-state index in [0.717, 1.165) is 53.3 Å². The van der Waals surface area contributed by atoms with Gasteiger partial charge in [-0.05, 0) is 95.5 Å². The molecule has 0 unspecified atom stereocenters. The fourth-order valence-electron chi connectivity index (χ4n) is 7.12. The Bertz CT molecular complexity index is 1980. The van der Waals surface area contributed by atoms with E-state index in [0.29, 0.717) is 0 Å². The molecule has 1 aromatic heterocycles. The first-order chi connectivity index (χ1) is 20.1. The number of hydrogen-bond donors (Lipinski definition) is 0. The Balaban J connectivity index is 1.28. The fourth-order valence-corrected chi connectivity index (χ4v) is 7.12. The summed E-state index contributed by atoms with van der Waals surface area (Å²) in [6.07, 6.45) is 15.8. The Morgan fingerprint density at radius 3 is 2.24 bits per heavy atom. The van der Waals surface area contributed by atoms with Crippen molar-refractivity contribution in [1.29, 1.82) is 0 Å². The van der Waals surface area contributed by atoms with Gasteiger partial charge in [0.25, 0.3) is 0 Å². The van der Waals surface area contributed by atoms with Gasteiger partial charge in [-0.2, -0.15) is 0 Å². The maximum absolute atomic E-state index is 6.34. The summed E-state index contributed by atoms with van der Waals surface area (Å²) in [6.45, 7) is 4.71. The second-order valence-corrected chi connectivity index (χ2v) is 12.0. The highest BCUT2D eigenvalue weighted by Crippen LogP contribution is 2.50. The maximum Gasteiger partial charge on any atom is 0.137 e. The number of benzene rings is 4. The third-order valence-electron chi connectivity index (χ3n) is 9.29. The second-order valence-electron chi connectivity index (χ2n) is 12.0. The van der Waals surface area contributed by atoms with Crippen LogP contribution < -0.4 is 4.90 Å². The highest BCUT2D eigenvalue weighted by atomic mass is 16.3. The van der Waals surface area contributed by atoms with E-state index < -0.39 is 0 Å². The largest absolute Gasteiger partial charge is 0.456 e. The van der Waals surface area contributed by atoms with Crippen molar-refractivity contribution in [3.63, 3.8) is 0 Å². The smallest absolute Gasteiger partial charge is 0.137 e. The van der Waals surface area contributed by atoms with Crippen molar-refractivity contribution in [2.45, 2.75) is 44.9 Å². The average molecular weight is 532 g/mol. The van der Waals surface area contributed by atoms with E-state index >= 15 is 0 Å². The summed E-state index contributed by atoms with van der Waals surface area (Å²) in [6, 6.07) is 30.9. The molecule has 2 heteroatoms. The molecule has 5 aromatic rings. The average Bonchev–Trinajstić information content (AvgIpc) is 3.50. The lowest BCUT2D eigenvalue weighted by atomic mass is 9.82. The first-order valence-electron chi connectivity index (χ1n) is 14.8. The Kier molecular flexibility index (Phi) is 5.47. The monoisotopic (exact) mass is 531 g/mol. The van der Waals surface area contributed by atoms with Crippen LogP contribution in [0.3, 0.4) is 0 Å². The molecule has 2 nitrogen and oxygen atoms in total. The van der Waals surface area contributed by atoms with Crippen LogP contribution in [0.1, 0.15) is 50.7 Å². The number of allylic oxidation sites excluding steroid dienone is 8. The molecular weight excluding hydrogens is 498 g/mol. The molecule has 3 aliphatic carbocycles. The van der Waals surface area contributed by atoms with Crippen LogP contribution in [0, 0.1) is 0 Å². The molecule has 0 radical (unpaired) electrons. The van der Waals surface area contributed by atoms with Gasteiger partial charge in [-0.3, -0.25) is 0 Å². The van der Waals surface area contributed by atoms with Crippen LogP contribution in [-0.2, 0) is 5.41 Å². The SMILES string of the molecule is CC1(C)c2ccccc2-c2ccc(N(C3=CC=C(C4=CC=CCC4)CC3)c3ccc4c(c3)oc3ccccc34)cc21. The topological polar surface area (TPSA) is 16.4 Å². The minimum absolute atomic E-state index is 0.0503. The molecule has 0 bridgehead atoms. The van der Waals surface area contributed by atoms with Gasteiger partial charge in [-0.15, -0.1) is 0 Å². The van der Waals surface area contributed by atoms with Gasteiger partial charge < -0.3 is 9.32 Å². The molecule has 0 fully saturated rings. The van der Waals surface area contributed by atoms with E-state index in [9.17, 15) is 0 Å². The zero-order chi connectivity index (χ0) is 27.6. The van der Waals surface area contributed by atoms with Crippen LogP contribution in [0.2, 0.25) is 0 Å². The highest BCUT2D eigenvalue weighted by Gasteiger charge is 2.36. The molecule has 0 saturated carbocycles. The normalized spacial score (nSPS) is 17.2. The summed E-state index contributed by atoms with van der Waals surface area (Å²) in [5.74, 6) is 0. The van der Waals surface area contributed by atoms with Crippen LogP contribution in [0.25, 0.3) is 33.1 Å². The van der Waals surface area contributed by atoms with Crippen LogP contribution in [-0.4, -0.2) is 0 Å². The molecule has 0 N–H and O–H groups in total. The summed E-state index contributed by atoms with van der Waals surface area (Å²) in [5.41, 5.74) is 13.9. The fraction of sp³-hybridized carbons (Fsp3) is 0.179. The van der Waals surface area contributed by atoms with E-state index in [2.05, 4.69) is 128 Å². The van der Waals surface area contributed by atoms with Crippen LogP contribution >= 0.6 is 0 Å². The number of furan rings is 1. The van der Waals surface area contributed by atoms with E-state index in [4.69, 9.17) is 4.42 Å². The van der Waals surface area contributed by atoms with Gasteiger partial charge in [-0.25, -0.2) is 0 Å². The number of rotatable bonds is 4. The van der Waals surface area contributed by atoms with E-state index in [1.807, 2.05) is 6.07 Å². The van der Waals surface area contributed by atoms with Crippen molar-refractivity contribution in [3.8, 4) is 11.1 Å². The van der Waals surface area contributed by atoms with Crippen LogP contribution in [0.15, 0.2) is 137 Å². The van der Waals surface area contributed by atoms with Gasteiger partial charge in [0.1, 0.15) is 11.2 Å². The van der Waals surface area contributed by atoms with Gasteiger partial charge in [0.15, 0.2) is 0 Å². The van der Waals surface area contributed by atoms with Crippen molar-refractivity contribution < 1.29 is 4.42 Å². The Hall–Kier alpha value is -4.56. The van der Waals surface area contributed by atoms with Crippen molar-refractivity contribution >= 4 is 33.3 Å². The first kappa shape index (κ1) is 24.3. The van der Waals surface area contributed by atoms with Crippen LogP contribution in [0.4, 0.5) is 11.4 Å². The van der Waals surface area contributed by atoms with Gasteiger partial charge in [0.05, 0.1) is 0 Å². The molecule has 4 aromatic carbocycles. The summed E-state index contributed by atoms with van der Waals surface area (Å²) in [7, 11) is 0. The third kappa shape index (κ3) is 3.85. The van der Waals surface area contributed by atoms with Crippen molar-refractivity contribution in [2.75, 3.05) is 4.90 Å². The van der Waals surface area contributed by atoms with Gasteiger partial charge in [0, 0.05) is 39.3 Å². The summed E-state index contributed by atoms with van der Waals surface area (Å²) in [4.78, 5) is 2.45. The molecule has 1 heterocycles. The maximum atomic E-state index is 6.34. The molecule has 41 heavy (non-hydrogen) atoms. The lowest BCUT2D eigenvalue weighted by Gasteiger charge is -2.31. The van der Waals surface area contributed by atoms with Gasteiger partial charge in [0.2, 0.25) is 0 Å². The summed E-state index contributed by atoms with van der Waals surface area (Å²) >= 11 is 0. The Labute approximate surface area is 241 Å². The molecule has 200 valence electrons. The predicted molar refractivity (Wildman–Crippen MR) is 172 cm³/mol. The number of para-hydroxylation sites is 1. The van der Waals surface area contributed by atoms with Crippen LogP contribution in [0.5, 0.6) is 0 Å². The van der Waals surface area contributed by atoms with Gasteiger partial charge >= 0.3 is 0 Å². The summed E-state index contributed by atoms with van der Waals surface area (Å²) < 4.78 is 6.34. The zero-order valence-corrected chi connectivity index (χ0v) is 23.7. The Morgan fingerprint density at radius 1 is 0.634 bits per heavy atom. The minimum atomic E-state index is -0.0503. The predicted octanol–water partition coefficient (Wildman–Crippen LogP) is 10.9. The van der Waals surface area contributed by atoms with E-state index in [-0.39, 0.29) is 5.41 Å². The van der Waals surface area contributed by atoms with E-state index in [1.54, 1.807) is 0 Å². The molecule has 0 amide bonds. The lowest BCUT2D eigenvalue weighted by Crippen LogP contribution is -2.20. The number of anilines is 2. The molecule has 8 rings (SSSR count). The molecule has 0 spiro atoms. The van der Waals surface area contributed by atoms with Gasteiger partial charge in [-0.1, -0.05) is 86.7 Å². The quantitative estimate of drug-likeness (QED) is 0.229. The van der Waals surface area contributed by atoms with E-state index in [1.165, 1.54) is 44.8 Å². The Morgan fingerprint density at radius 2 is 1.39 bits per heavy atom. The third-order valence-corrected chi connectivity index (χ3v) is 9.29. The number of fused-ring (bicyclic) bond motifs is 6. The lowest BCUT2D eigenvalue weighted by molar-refractivity contribution is 0.660. The molecule has 3 aliphatic rings.